The number of ether oxygens (including phenoxy) is 1. The number of thiazole rings is 1. The highest BCUT2D eigenvalue weighted by atomic mass is 35.5. The molecule has 5 nitrogen and oxygen atoms in total. The number of hydrogen-bond donors (Lipinski definition) is 0. The van der Waals surface area contributed by atoms with Crippen molar-refractivity contribution in [3.05, 3.63) is 47.0 Å². The van der Waals surface area contributed by atoms with E-state index in [2.05, 4.69) is 4.90 Å². The van der Waals surface area contributed by atoms with E-state index >= 15 is 0 Å². The van der Waals surface area contributed by atoms with Crippen LogP contribution < -0.4 is 9.64 Å². The lowest BCUT2D eigenvalue weighted by Gasteiger charge is -2.21. The number of rotatable bonds is 9. The number of halogens is 2. The Morgan fingerprint density at radius 2 is 1.87 bits per heavy atom. The molecule has 0 bridgehead atoms. The summed E-state index contributed by atoms with van der Waals surface area (Å²) >= 11 is 9.32. The van der Waals surface area contributed by atoms with Crippen molar-refractivity contribution in [3.63, 3.8) is 0 Å². The summed E-state index contributed by atoms with van der Waals surface area (Å²) < 4.78 is 6.24. The van der Waals surface area contributed by atoms with Crippen LogP contribution in [-0.4, -0.2) is 55.8 Å². The number of anilines is 1. The lowest BCUT2D eigenvalue weighted by molar-refractivity contribution is -0.116. The maximum Gasteiger partial charge on any atom is 0.239 e. The summed E-state index contributed by atoms with van der Waals surface area (Å²) in [6.45, 7) is 3.50. The first-order valence-corrected chi connectivity index (χ1v) is 11.8. The first-order chi connectivity index (χ1) is 14.4. The molecule has 31 heavy (non-hydrogen) atoms. The topological polar surface area (TPSA) is 45.7 Å². The normalized spacial score (nSPS) is 10.9. The van der Waals surface area contributed by atoms with Crippen LogP contribution in [0.5, 0.6) is 5.75 Å². The van der Waals surface area contributed by atoms with Crippen molar-refractivity contribution >= 4 is 68.4 Å². The van der Waals surface area contributed by atoms with Gasteiger partial charge in [0.25, 0.3) is 0 Å². The maximum atomic E-state index is 13.2. The molecule has 3 rings (SSSR count). The third-order valence-electron chi connectivity index (χ3n) is 4.68. The second-order valence-corrected chi connectivity index (χ2v) is 9.65. The van der Waals surface area contributed by atoms with Gasteiger partial charge in [0.15, 0.2) is 5.13 Å². The number of carbonyl (C=O) groups excluding carboxylic acids is 1. The summed E-state index contributed by atoms with van der Waals surface area (Å²) in [4.78, 5) is 22.9. The molecule has 0 atom stereocenters. The quantitative estimate of drug-likeness (QED) is 0.350. The minimum atomic E-state index is 0. The summed E-state index contributed by atoms with van der Waals surface area (Å²) in [6, 6.07) is 11.6. The SMILES string of the molecule is COc1ccc(SCC(=O)N(CCCN(C)C)c2nc3c(C)c(Cl)ccc3s2)cc1.Cl. The molecule has 168 valence electrons. The maximum absolute atomic E-state index is 13.2. The molecule has 2 aromatic carbocycles. The van der Waals surface area contributed by atoms with E-state index in [1.165, 1.54) is 23.1 Å². The summed E-state index contributed by atoms with van der Waals surface area (Å²) in [5.41, 5.74) is 1.82. The van der Waals surface area contributed by atoms with E-state index in [4.69, 9.17) is 21.3 Å². The van der Waals surface area contributed by atoms with Gasteiger partial charge in [-0.15, -0.1) is 24.2 Å². The highest BCUT2D eigenvalue weighted by Gasteiger charge is 2.21. The lowest BCUT2D eigenvalue weighted by Crippen LogP contribution is -2.34. The van der Waals surface area contributed by atoms with Gasteiger partial charge in [-0.25, -0.2) is 4.98 Å². The fraction of sp³-hybridized carbons (Fsp3) is 0.364. The van der Waals surface area contributed by atoms with E-state index in [1.807, 2.05) is 62.3 Å². The Balaban J connectivity index is 0.00000341. The van der Waals surface area contributed by atoms with Gasteiger partial charge in [0.05, 0.1) is 23.1 Å². The molecule has 0 aliphatic heterocycles. The summed E-state index contributed by atoms with van der Waals surface area (Å²) in [7, 11) is 5.72. The molecule has 9 heteroatoms. The van der Waals surface area contributed by atoms with Gasteiger partial charge in [-0.3, -0.25) is 9.69 Å². The zero-order valence-corrected chi connectivity index (χ0v) is 21.3. The predicted octanol–water partition coefficient (Wildman–Crippen LogP) is 5.77. The fourth-order valence-electron chi connectivity index (χ4n) is 2.97. The molecule has 0 unspecified atom stereocenters. The van der Waals surface area contributed by atoms with Crippen molar-refractivity contribution in [2.75, 3.05) is 44.9 Å². The molecule has 0 aliphatic carbocycles. The lowest BCUT2D eigenvalue weighted by atomic mass is 10.2. The molecule has 1 aromatic heterocycles. The number of aryl methyl sites for hydroxylation is 1. The number of carbonyl (C=O) groups is 1. The minimum Gasteiger partial charge on any atom is -0.497 e. The van der Waals surface area contributed by atoms with Crippen LogP contribution >= 0.6 is 47.1 Å². The summed E-state index contributed by atoms with van der Waals surface area (Å²) in [6.07, 6.45) is 0.877. The van der Waals surface area contributed by atoms with E-state index in [0.717, 1.165) is 44.5 Å². The van der Waals surface area contributed by atoms with Gasteiger partial charge in [-0.1, -0.05) is 22.9 Å². The van der Waals surface area contributed by atoms with E-state index in [-0.39, 0.29) is 18.3 Å². The molecule has 0 saturated carbocycles. The average Bonchev–Trinajstić information content (AvgIpc) is 3.17. The van der Waals surface area contributed by atoms with Crippen molar-refractivity contribution in [3.8, 4) is 5.75 Å². The van der Waals surface area contributed by atoms with Gasteiger partial charge in [-0.05, 0) is 75.9 Å². The number of methoxy groups -OCH3 is 1. The van der Waals surface area contributed by atoms with Crippen LogP contribution in [0.4, 0.5) is 5.13 Å². The molecule has 0 aliphatic rings. The van der Waals surface area contributed by atoms with E-state index in [0.29, 0.717) is 17.3 Å². The van der Waals surface area contributed by atoms with Crippen molar-refractivity contribution < 1.29 is 9.53 Å². The van der Waals surface area contributed by atoms with Gasteiger partial charge in [0, 0.05) is 16.5 Å². The standard InChI is InChI=1S/C22H26ClN3O2S2.ClH/c1-15-18(23)10-11-19-21(15)24-22(30-19)26(13-5-12-25(2)3)20(27)14-29-17-8-6-16(28-4)7-9-17;/h6-11H,5,12-14H2,1-4H3;1H. The Kier molecular flexibility index (Phi) is 9.90. The van der Waals surface area contributed by atoms with Gasteiger partial charge in [-0.2, -0.15) is 0 Å². The molecule has 1 amide bonds. The first-order valence-electron chi connectivity index (χ1n) is 9.66. The van der Waals surface area contributed by atoms with Gasteiger partial charge < -0.3 is 9.64 Å². The van der Waals surface area contributed by atoms with Crippen LogP contribution in [0.15, 0.2) is 41.3 Å². The largest absolute Gasteiger partial charge is 0.497 e. The van der Waals surface area contributed by atoms with E-state index in [9.17, 15) is 4.79 Å². The molecule has 0 spiro atoms. The molecule has 0 N–H and O–H groups in total. The summed E-state index contributed by atoms with van der Waals surface area (Å²) in [5, 5.41) is 1.43. The number of amides is 1. The molecular weight excluding hydrogens is 473 g/mol. The number of hydrogen-bond acceptors (Lipinski definition) is 6. The fourth-order valence-corrected chi connectivity index (χ4v) is 4.97. The molecular formula is C22H27Cl2N3O2S2. The summed E-state index contributed by atoms with van der Waals surface area (Å²) in [5.74, 6) is 1.21. The van der Waals surface area contributed by atoms with Crippen molar-refractivity contribution in [1.82, 2.24) is 9.88 Å². The zero-order valence-electron chi connectivity index (χ0n) is 18.1. The highest BCUT2D eigenvalue weighted by molar-refractivity contribution is 8.00. The Morgan fingerprint density at radius 1 is 1.16 bits per heavy atom. The van der Waals surface area contributed by atoms with Crippen LogP contribution in [0, 0.1) is 6.92 Å². The van der Waals surface area contributed by atoms with E-state index in [1.54, 1.807) is 7.11 Å². The Labute approximate surface area is 203 Å². The van der Waals surface area contributed by atoms with Gasteiger partial charge >= 0.3 is 0 Å². The third-order valence-corrected chi connectivity index (χ3v) is 7.13. The second-order valence-electron chi connectivity index (χ2n) is 7.18. The van der Waals surface area contributed by atoms with Crippen LogP contribution in [0.2, 0.25) is 5.02 Å². The Morgan fingerprint density at radius 3 is 2.52 bits per heavy atom. The minimum absolute atomic E-state index is 0. The predicted molar refractivity (Wildman–Crippen MR) is 136 cm³/mol. The van der Waals surface area contributed by atoms with Crippen molar-refractivity contribution in [2.24, 2.45) is 0 Å². The highest BCUT2D eigenvalue weighted by Crippen LogP contribution is 2.34. The number of nitrogens with zero attached hydrogens (tertiary/aromatic N) is 3. The first kappa shape index (κ1) is 25.7. The zero-order chi connectivity index (χ0) is 21.7. The third kappa shape index (κ3) is 6.73. The number of benzene rings is 2. The molecule has 3 aromatic rings. The smallest absolute Gasteiger partial charge is 0.239 e. The van der Waals surface area contributed by atoms with Crippen LogP contribution in [0.25, 0.3) is 10.2 Å². The molecule has 0 saturated heterocycles. The monoisotopic (exact) mass is 499 g/mol. The number of thioether (sulfide) groups is 1. The molecule has 1 heterocycles. The molecule has 0 radical (unpaired) electrons. The average molecular weight is 501 g/mol. The van der Waals surface area contributed by atoms with E-state index < -0.39 is 0 Å². The Hall–Kier alpha value is -1.51. The van der Waals surface area contributed by atoms with Crippen molar-refractivity contribution in [1.29, 1.82) is 0 Å². The number of aromatic nitrogens is 1. The van der Waals surface area contributed by atoms with Crippen LogP contribution in [0.1, 0.15) is 12.0 Å². The second kappa shape index (κ2) is 11.9. The van der Waals surface area contributed by atoms with Gasteiger partial charge in [0.2, 0.25) is 5.91 Å². The Bertz CT molecular complexity index is 1010. The van der Waals surface area contributed by atoms with Crippen molar-refractivity contribution in [2.45, 2.75) is 18.2 Å². The van der Waals surface area contributed by atoms with Crippen LogP contribution in [0.3, 0.4) is 0 Å². The molecule has 0 fully saturated rings. The van der Waals surface area contributed by atoms with Gasteiger partial charge in [0.1, 0.15) is 5.75 Å². The van der Waals surface area contributed by atoms with Crippen LogP contribution in [-0.2, 0) is 4.79 Å². The number of fused-ring (bicyclic) bond motifs is 1.